The molecule has 0 fully saturated rings. The molecule has 222 valence electrons. The van der Waals surface area contributed by atoms with Crippen LogP contribution in [0.5, 0.6) is 5.75 Å². The second-order valence-electron chi connectivity index (χ2n) is 10.4. The van der Waals surface area contributed by atoms with Gasteiger partial charge in [0, 0.05) is 11.1 Å². The molecule has 1 rings (SSSR count). The van der Waals surface area contributed by atoms with Crippen molar-refractivity contribution in [2.75, 3.05) is 33.0 Å². The molecule has 7 heteroatoms. The van der Waals surface area contributed by atoms with E-state index < -0.39 is 17.4 Å². The summed E-state index contributed by atoms with van der Waals surface area (Å²) in [5.74, 6) is -0.188. The van der Waals surface area contributed by atoms with E-state index in [1.54, 1.807) is 13.8 Å². The Morgan fingerprint density at radius 1 is 0.900 bits per heavy atom. The highest BCUT2D eigenvalue weighted by atomic mass is 16.5. The van der Waals surface area contributed by atoms with Gasteiger partial charge in [0.15, 0.2) is 0 Å². The number of esters is 2. The average molecular weight is 557 g/mol. The van der Waals surface area contributed by atoms with E-state index >= 15 is 0 Å². The van der Waals surface area contributed by atoms with E-state index in [-0.39, 0.29) is 33.0 Å². The lowest BCUT2D eigenvalue weighted by molar-refractivity contribution is -0.139. The molecule has 0 bridgehead atoms. The minimum atomic E-state index is -0.785. The third-order valence-corrected chi connectivity index (χ3v) is 7.04. The quantitative estimate of drug-likeness (QED) is 0.0944. The van der Waals surface area contributed by atoms with E-state index in [2.05, 4.69) is 45.7 Å². The summed E-state index contributed by atoms with van der Waals surface area (Å²) < 4.78 is 17.0. The van der Waals surface area contributed by atoms with E-state index in [0.717, 1.165) is 28.7 Å². The molecule has 0 radical (unpaired) electrons. The van der Waals surface area contributed by atoms with Gasteiger partial charge in [0.2, 0.25) is 0 Å². The molecule has 1 aromatic rings. The predicted molar refractivity (Wildman–Crippen MR) is 160 cm³/mol. The van der Waals surface area contributed by atoms with Gasteiger partial charge in [-0.15, -0.1) is 0 Å². The fourth-order valence-corrected chi connectivity index (χ4v) is 3.99. The van der Waals surface area contributed by atoms with Crippen molar-refractivity contribution in [3.8, 4) is 5.75 Å². The van der Waals surface area contributed by atoms with Crippen LogP contribution in [-0.4, -0.2) is 55.2 Å². The molecule has 0 atom stereocenters. The number of hydrogen-bond donors (Lipinski definition) is 2. The molecule has 0 heterocycles. The van der Waals surface area contributed by atoms with Gasteiger partial charge in [-0.25, -0.2) is 9.59 Å². The summed E-state index contributed by atoms with van der Waals surface area (Å²) in [4.78, 5) is 23.7. The molecule has 0 saturated heterocycles. The molecule has 0 aliphatic carbocycles. The second kappa shape index (κ2) is 17.5. The number of carbonyl (C=O) groups is 2. The van der Waals surface area contributed by atoms with Crippen LogP contribution in [0.15, 0.2) is 54.7 Å². The summed E-state index contributed by atoms with van der Waals surface area (Å²) >= 11 is 0. The third-order valence-electron chi connectivity index (χ3n) is 7.04. The van der Waals surface area contributed by atoms with Crippen LogP contribution in [0.25, 0.3) is 5.57 Å². The number of aryl methyl sites for hydroxylation is 2. The highest BCUT2D eigenvalue weighted by Gasteiger charge is 2.29. The van der Waals surface area contributed by atoms with Gasteiger partial charge in [-0.05, 0) is 93.7 Å². The van der Waals surface area contributed by atoms with Crippen LogP contribution >= 0.6 is 0 Å². The van der Waals surface area contributed by atoms with Crippen molar-refractivity contribution in [3.63, 3.8) is 0 Å². The smallest absolute Gasteiger partial charge is 0.333 e. The van der Waals surface area contributed by atoms with Gasteiger partial charge in [-0.2, -0.15) is 0 Å². The number of allylic oxidation sites excluding steroid dienone is 3. The second-order valence-corrected chi connectivity index (χ2v) is 10.4. The summed E-state index contributed by atoms with van der Waals surface area (Å²) in [6.45, 7) is 20.7. The molecule has 40 heavy (non-hydrogen) atoms. The lowest BCUT2D eigenvalue weighted by Gasteiger charge is -2.29. The molecular weight excluding hydrogens is 508 g/mol. The molecule has 1 aromatic carbocycles. The van der Waals surface area contributed by atoms with Crippen LogP contribution in [0.3, 0.4) is 0 Å². The molecule has 0 saturated carbocycles. The number of benzene rings is 1. The predicted octanol–water partition coefficient (Wildman–Crippen LogP) is 5.92. The van der Waals surface area contributed by atoms with Gasteiger partial charge >= 0.3 is 11.9 Å². The fraction of sp³-hybridized carbons (Fsp3) is 0.515. The number of ether oxygens (including phenoxy) is 3. The highest BCUT2D eigenvalue weighted by Crippen LogP contribution is 2.35. The largest absolute Gasteiger partial charge is 0.492 e. The van der Waals surface area contributed by atoms with Crippen LogP contribution in [0, 0.1) is 5.41 Å². The zero-order valence-electron chi connectivity index (χ0n) is 25.1. The van der Waals surface area contributed by atoms with Gasteiger partial charge in [0.1, 0.15) is 5.75 Å². The first-order valence-electron chi connectivity index (χ1n) is 14.0. The molecule has 2 N–H and O–H groups in total. The Morgan fingerprint density at radius 3 is 1.73 bits per heavy atom. The average Bonchev–Trinajstić information content (AvgIpc) is 2.94. The minimum Gasteiger partial charge on any atom is -0.492 e. The summed E-state index contributed by atoms with van der Waals surface area (Å²) in [6, 6.07) is 4.14. The lowest BCUT2D eigenvalue weighted by atomic mass is 9.88. The number of aliphatic hydroxyl groups excluding tert-OH is 2. The maximum Gasteiger partial charge on any atom is 0.333 e. The van der Waals surface area contributed by atoms with Crippen LogP contribution in [-0.2, 0) is 31.9 Å². The van der Waals surface area contributed by atoms with Crippen LogP contribution in [0.1, 0.15) is 77.0 Å². The molecule has 0 aromatic heterocycles. The van der Waals surface area contributed by atoms with E-state index in [4.69, 9.17) is 14.2 Å². The van der Waals surface area contributed by atoms with Crippen molar-refractivity contribution < 1.29 is 34.0 Å². The Balaban J connectivity index is 3.51. The molecule has 0 spiro atoms. The monoisotopic (exact) mass is 556 g/mol. The first kappa shape index (κ1) is 34.9. The van der Waals surface area contributed by atoms with Crippen molar-refractivity contribution in [1.82, 2.24) is 0 Å². The van der Waals surface area contributed by atoms with Crippen LogP contribution in [0.4, 0.5) is 0 Å². The number of carbonyl (C=O) groups excluding carboxylic acids is 2. The molecule has 0 aliphatic rings. The first-order valence-corrected chi connectivity index (χ1v) is 14.0. The topological polar surface area (TPSA) is 102 Å². The van der Waals surface area contributed by atoms with Crippen molar-refractivity contribution in [2.45, 2.75) is 73.1 Å². The van der Waals surface area contributed by atoms with Crippen molar-refractivity contribution in [2.24, 2.45) is 5.41 Å². The number of hydrogen-bond acceptors (Lipinski definition) is 7. The SMILES string of the molecule is C=C/C(=C(\C)CC)c1cc(CCCOC(=O)C(=C)C)c(OCC(CC)(CO)CO)c(CCCOC(=O)C(=C)C)c1. The van der Waals surface area contributed by atoms with Crippen LogP contribution in [0.2, 0.25) is 0 Å². The maximum absolute atomic E-state index is 11.9. The third kappa shape index (κ3) is 10.4. The molecule has 7 nitrogen and oxygen atoms in total. The van der Waals surface area contributed by atoms with E-state index in [1.807, 2.05) is 13.0 Å². The Bertz CT molecular complexity index is 1010. The Kier molecular flexibility index (Phi) is 15.3. The van der Waals surface area contributed by atoms with Gasteiger partial charge in [-0.3, -0.25) is 0 Å². The summed E-state index contributed by atoms with van der Waals surface area (Å²) in [5.41, 5.74) is 4.97. The number of rotatable bonds is 19. The molecule has 0 aliphatic heterocycles. The minimum absolute atomic E-state index is 0.128. The van der Waals surface area contributed by atoms with Gasteiger partial charge < -0.3 is 24.4 Å². The van der Waals surface area contributed by atoms with Crippen LogP contribution < -0.4 is 4.74 Å². The Morgan fingerprint density at radius 2 is 1.38 bits per heavy atom. The van der Waals surface area contributed by atoms with Gasteiger partial charge in [-0.1, -0.05) is 45.2 Å². The maximum atomic E-state index is 11.9. The standard InChI is InChI=1S/C33H48O7/c1-9-25(8)29(10-2)28-18-26(14-12-16-38-31(36)23(4)5)30(40-22-33(11-3,20-34)21-35)27(19-28)15-13-17-39-32(37)24(6)7/h10,18-19,34-35H,2,4,6,9,11-17,20-22H2,1,3,5,7-8H3/b29-25-. The normalized spacial score (nSPS) is 11.9. The number of aliphatic hydroxyl groups is 2. The van der Waals surface area contributed by atoms with Gasteiger partial charge in [0.05, 0.1) is 38.4 Å². The zero-order valence-corrected chi connectivity index (χ0v) is 25.1. The summed E-state index contributed by atoms with van der Waals surface area (Å²) in [5, 5.41) is 20.0. The van der Waals surface area contributed by atoms with Crippen molar-refractivity contribution >= 4 is 17.5 Å². The first-order chi connectivity index (χ1) is 19.0. The molecule has 0 amide bonds. The van der Waals surface area contributed by atoms with E-state index in [0.29, 0.717) is 49.0 Å². The Hall–Kier alpha value is -3.16. The van der Waals surface area contributed by atoms with Crippen molar-refractivity contribution in [3.05, 3.63) is 71.4 Å². The van der Waals surface area contributed by atoms with E-state index in [1.165, 1.54) is 5.57 Å². The van der Waals surface area contributed by atoms with Gasteiger partial charge in [0.25, 0.3) is 0 Å². The lowest BCUT2D eigenvalue weighted by Crippen LogP contribution is -2.36. The molecule has 0 unspecified atom stereocenters. The van der Waals surface area contributed by atoms with Crippen molar-refractivity contribution in [1.29, 1.82) is 0 Å². The summed E-state index contributed by atoms with van der Waals surface area (Å²) in [6.07, 6.45) is 5.51. The zero-order chi connectivity index (χ0) is 30.3. The molecular formula is C33H48O7. The summed E-state index contributed by atoms with van der Waals surface area (Å²) in [7, 11) is 0. The van der Waals surface area contributed by atoms with E-state index in [9.17, 15) is 19.8 Å². The fourth-order valence-electron chi connectivity index (χ4n) is 3.99. The highest BCUT2D eigenvalue weighted by molar-refractivity contribution is 5.87. The Labute approximate surface area is 240 Å².